The minimum absolute atomic E-state index is 0.0786. The Labute approximate surface area is 137 Å². The fourth-order valence-electron chi connectivity index (χ4n) is 2.28. The molecular formula is C15H18FN5O3. The summed E-state index contributed by atoms with van der Waals surface area (Å²) >= 11 is 0. The molecule has 8 nitrogen and oxygen atoms in total. The molecule has 1 amide bonds. The van der Waals surface area contributed by atoms with Crippen molar-refractivity contribution >= 4 is 11.9 Å². The second-order valence-electron chi connectivity index (χ2n) is 5.42. The third-order valence-corrected chi connectivity index (χ3v) is 3.62. The molecule has 1 aromatic heterocycles. The Bertz CT molecular complexity index is 716. The van der Waals surface area contributed by atoms with E-state index in [0.29, 0.717) is 5.82 Å². The van der Waals surface area contributed by atoms with Crippen LogP contribution in [0.15, 0.2) is 24.3 Å². The highest BCUT2D eigenvalue weighted by Gasteiger charge is 2.27. The molecule has 9 heteroatoms. The summed E-state index contributed by atoms with van der Waals surface area (Å²) < 4.78 is 14.4. The number of aromatic nitrogens is 4. The number of hydrogen-bond acceptors (Lipinski definition) is 5. The van der Waals surface area contributed by atoms with E-state index in [1.807, 2.05) is 0 Å². The van der Waals surface area contributed by atoms with E-state index in [9.17, 15) is 14.0 Å². The predicted molar refractivity (Wildman–Crippen MR) is 81.6 cm³/mol. The van der Waals surface area contributed by atoms with E-state index < -0.39 is 12.0 Å². The predicted octanol–water partition coefficient (Wildman–Crippen LogP) is 0.838. The van der Waals surface area contributed by atoms with Gasteiger partial charge in [-0.05, 0) is 35.0 Å². The summed E-state index contributed by atoms with van der Waals surface area (Å²) in [4.78, 5) is 24.7. The van der Waals surface area contributed by atoms with Crippen molar-refractivity contribution in [1.29, 1.82) is 0 Å². The Hall–Kier alpha value is -2.84. The summed E-state index contributed by atoms with van der Waals surface area (Å²) in [6, 6.07) is 5.08. The summed E-state index contributed by atoms with van der Waals surface area (Å²) in [6.07, 6.45) is 0.114. The number of carbonyl (C=O) groups is 2. The molecule has 1 aromatic carbocycles. The lowest BCUT2D eigenvalue weighted by Crippen LogP contribution is -2.37. The first-order valence-corrected chi connectivity index (χ1v) is 7.34. The highest BCUT2D eigenvalue weighted by atomic mass is 19.1. The fraction of sp³-hybridized carbons (Fsp3) is 0.400. The lowest BCUT2D eigenvalue weighted by atomic mass is 10.0. The van der Waals surface area contributed by atoms with E-state index in [2.05, 4.69) is 15.5 Å². The molecule has 1 N–H and O–H groups in total. The minimum Gasteiger partial charge on any atom is -0.481 e. The van der Waals surface area contributed by atoms with Gasteiger partial charge < -0.3 is 10.0 Å². The van der Waals surface area contributed by atoms with Crippen LogP contribution in [-0.2, 0) is 16.0 Å². The van der Waals surface area contributed by atoms with E-state index in [1.165, 1.54) is 28.8 Å². The van der Waals surface area contributed by atoms with Crippen LogP contribution >= 0.6 is 0 Å². The SMILES string of the molecule is Cc1nnnn1C(Cc1ccc(F)cc1)C(=O)N(C)CCC(=O)O. The van der Waals surface area contributed by atoms with Crippen LogP contribution in [0, 0.1) is 12.7 Å². The zero-order valence-corrected chi connectivity index (χ0v) is 13.4. The maximum absolute atomic E-state index is 13.1. The maximum Gasteiger partial charge on any atom is 0.305 e. The van der Waals surface area contributed by atoms with Crippen molar-refractivity contribution in [2.45, 2.75) is 25.8 Å². The summed E-state index contributed by atoms with van der Waals surface area (Å²) in [6.45, 7) is 1.75. The van der Waals surface area contributed by atoms with Crippen LogP contribution in [0.3, 0.4) is 0 Å². The van der Waals surface area contributed by atoms with Crippen LogP contribution in [0.2, 0.25) is 0 Å². The zero-order valence-electron chi connectivity index (χ0n) is 13.4. The molecule has 1 heterocycles. The number of nitrogens with zero attached hydrogens (tertiary/aromatic N) is 5. The summed E-state index contributed by atoms with van der Waals surface area (Å²) in [5, 5.41) is 19.9. The first-order valence-electron chi connectivity index (χ1n) is 7.34. The van der Waals surface area contributed by atoms with Gasteiger partial charge in [0, 0.05) is 20.0 Å². The number of carbonyl (C=O) groups excluding carboxylic acids is 1. The molecule has 0 saturated heterocycles. The molecule has 0 radical (unpaired) electrons. The van der Waals surface area contributed by atoms with E-state index in [0.717, 1.165) is 5.56 Å². The summed E-state index contributed by atoms with van der Waals surface area (Å²) in [5.41, 5.74) is 0.747. The Morgan fingerprint density at radius 3 is 2.54 bits per heavy atom. The van der Waals surface area contributed by atoms with Crippen molar-refractivity contribution < 1.29 is 19.1 Å². The number of aliphatic carboxylic acids is 1. The van der Waals surface area contributed by atoms with Crippen LogP contribution in [0.1, 0.15) is 23.9 Å². The van der Waals surface area contributed by atoms with Crippen molar-refractivity contribution in [3.05, 3.63) is 41.5 Å². The van der Waals surface area contributed by atoms with Crippen molar-refractivity contribution in [3.63, 3.8) is 0 Å². The molecule has 0 bridgehead atoms. The van der Waals surface area contributed by atoms with Crippen LogP contribution < -0.4 is 0 Å². The average Bonchev–Trinajstić information content (AvgIpc) is 2.97. The second kappa shape index (κ2) is 7.62. The van der Waals surface area contributed by atoms with Gasteiger partial charge in [0.25, 0.3) is 0 Å². The minimum atomic E-state index is -0.983. The lowest BCUT2D eigenvalue weighted by Gasteiger charge is -2.23. The molecule has 0 fully saturated rings. The molecule has 2 aromatic rings. The number of hydrogen-bond donors (Lipinski definition) is 1. The highest BCUT2D eigenvalue weighted by molar-refractivity contribution is 5.81. The molecule has 0 saturated carbocycles. The fourth-order valence-corrected chi connectivity index (χ4v) is 2.28. The van der Waals surface area contributed by atoms with E-state index in [-0.39, 0.29) is 31.1 Å². The maximum atomic E-state index is 13.1. The number of amides is 1. The van der Waals surface area contributed by atoms with Gasteiger partial charge in [0.1, 0.15) is 17.7 Å². The number of carboxylic acid groups (broad SMARTS) is 1. The van der Waals surface area contributed by atoms with Gasteiger partial charge in [-0.1, -0.05) is 12.1 Å². The molecule has 1 unspecified atom stereocenters. The molecule has 2 rings (SSSR count). The third-order valence-electron chi connectivity index (χ3n) is 3.62. The highest BCUT2D eigenvalue weighted by Crippen LogP contribution is 2.18. The summed E-state index contributed by atoms with van der Waals surface area (Å²) in [5.74, 6) is -1.19. The van der Waals surface area contributed by atoms with E-state index >= 15 is 0 Å². The molecule has 0 spiro atoms. The van der Waals surface area contributed by atoms with Gasteiger partial charge in [-0.2, -0.15) is 0 Å². The molecule has 1 atom stereocenters. The average molecular weight is 335 g/mol. The zero-order chi connectivity index (χ0) is 17.7. The lowest BCUT2D eigenvalue weighted by molar-refractivity contribution is -0.139. The van der Waals surface area contributed by atoms with Crippen LogP contribution in [0.4, 0.5) is 4.39 Å². The Morgan fingerprint density at radius 2 is 2.00 bits per heavy atom. The third kappa shape index (κ3) is 4.34. The van der Waals surface area contributed by atoms with Gasteiger partial charge in [0.2, 0.25) is 5.91 Å². The first kappa shape index (κ1) is 17.5. The normalized spacial score (nSPS) is 12.0. The molecule has 128 valence electrons. The van der Waals surface area contributed by atoms with Crippen molar-refractivity contribution in [3.8, 4) is 0 Å². The Morgan fingerprint density at radius 1 is 1.33 bits per heavy atom. The van der Waals surface area contributed by atoms with Gasteiger partial charge in [0.05, 0.1) is 6.42 Å². The van der Waals surface area contributed by atoms with Crippen LogP contribution in [-0.4, -0.2) is 55.7 Å². The molecule has 0 aliphatic carbocycles. The first-order chi connectivity index (χ1) is 11.4. The topological polar surface area (TPSA) is 101 Å². The van der Waals surface area contributed by atoms with Crippen molar-refractivity contribution in [2.75, 3.05) is 13.6 Å². The Kier molecular flexibility index (Phi) is 5.56. The second-order valence-corrected chi connectivity index (χ2v) is 5.42. The Balaban J connectivity index is 2.22. The van der Waals surface area contributed by atoms with Gasteiger partial charge in [-0.25, -0.2) is 9.07 Å². The number of aryl methyl sites for hydroxylation is 1. The van der Waals surface area contributed by atoms with Gasteiger partial charge in [0.15, 0.2) is 0 Å². The number of rotatable bonds is 7. The van der Waals surface area contributed by atoms with E-state index in [4.69, 9.17) is 5.11 Å². The van der Waals surface area contributed by atoms with Gasteiger partial charge >= 0.3 is 5.97 Å². The number of halogens is 1. The van der Waals surface area contributed by atoms with E-state index in [1.54, 1.807) is 19.1 Å². The van der Waals surface area contributed by atoms with Gasteiger partial charge in [-0.3, -0.25) is 9.59 Å². The van der Waals surface area contributed by atoms with Gasteiger partial charge in [-0.15, -0.1) is 5.10 Å². The van der Waals surface area contributed by atoms with Crippen LogP contribution in [0.25, 0.3) is 0 Å². The number of carboxylic acids is 1. The van der Waals surface area contributed by atoms with Crippen molar-refractivity contribution in [1.82, 2.24) is 25.1 Å². The standard InChI is InChI=1S/C15H18FN5O3/c1-10-17-18-19-21(10)13(9-11-3-5-12(16)6-4-11)15(24)20(2)8-7-14(22)23/h3-6,13H,7-9H2,1-2H3,(H,22,23). The van der Waals surface area contributed by atoms with Crippen molar-refractivity contribution in [2.24, 2.45) is 0 Å². The monoisotopic (exact) mass is 335 g/mol. The number of likely N-dealkylation sites (N-methyl/N-ethyl adjacent to an activating group) is 1. The number of tetrazole rings is 1. The summed E-state index contributed by atoms with van der Waals surface area (Å²) in [7, 11) is 1.53. The van der Waals surface area contributed by atoms with Crippen LogP contribution in [0.5, 0.6) is 0 Å². The molecule has 24 heavy (non-hydrogen) atoms. The quantitative estimate of drug-likeness (QED) is 0.804. The molecule has 0 aliphatic heterocycles. The largest absolute Gasteiger partial charge is 0.481 e. The smallest absolute Gasteiger partial charge is 0.305 e. The molecular weight excluding hydrogens is 317 g/mol. The molecule has 0 aliphatic rings. The number of benzene rings is 1.